The molecular weight excluding hydrogens is 266 g/mol. The van der Waals surface area contributed by atoms with Gasteiger partial charge in [0.25, 0.3) is 11.5 Å². The lowest BCUT2D eigenvalue weighted by Gasteiger charge is -2.05. The van der Waals surface area contributed by atoms with Gasteiger partial charge in [-0.1, -0.05) is 0 Å². The highest BCUT2D eigenvalue weighted by atomic mass is 16.7. The Hall–Kier alpha value is -3.03. The first kappa shape index (κ1) is 12.0. The molecule has 102 valence electrons. The van der Waals surface area contributed by atoms with E-state index in [0.29, 0.717) is 17.2 Å². The highest BCUT2D eigenvalue weighted by Gasteiger charge is 2.15. The Labute approximate surface area is 111 Å². The molecule has 0 saturated carbocycles. The first-order chi connectivity index (χ1) is 9.61. The van der Waals surface area contributed by atoms with Crippen LogP contribution in [0, 0.1) is 0 Å². The third-order valence-electron chi connectivity index (χ3n) is 2.64. The van der Waals surface area contributed by atoms with Gasteiger partial charge in [0.15, 0.2) is 11.5 Å². The molecule has 0 spiro atoms. The van der Waals surface area contributed by atoms with Crippen molar-refractivity contribution in [2.24, 2.45) is 0 Å². The molecule has 8 nitrogen and oxygen atoms in total. The van der Waals surface area contributed by atoms with E-state index in [1.54, 1.807) is 18.2 Å². The molecule has 3 N–H and O–H groups in total. The van der Waals surface area contributed by atoms with Crippen molar-refractivity contribution in [3.8, 4) is 11.5 Å². The standard InChI is InChI=1S/C12H9N3O5/c16-10-4-7(14-12(18)15-10)11(17)13-6-1-2-8-9(3-6)20-5-19-8/h1-4H,5H2,(H,13,17)(H2,14,15,16,18). The van der Waals surface area contributed by atoms with Gasteiger partial charge in [0, 0.05) is 17.8 Å². The van der Waals surface area contributed by atoms with Crippen molar-refractivity contribution in [2.75, 3.05) is 12.1 Å². The van der Waals surface area contributed by atoms with Crippen LogP contribution in [0.1, 0.15) is 10.5 Å². The van der Waals surface area contributed by atoms with Gasteiger partial charge in [0.2, 0.25) is 6.79 Å². The Morgan fingerprint density at radius 1 is 1.10 bits per heavy atom. The number of H-pyrrole nitrogens is 2. The van der Waals surface area contributed by atoms with Gasteiger partial charge in [-0.25, -0.2) is 4.79 Å². The Balaban J connectivity index is 1.85. The normalized spacial score (nSPS) is 12.2. The number of fused-ring (bicyclic) bond motifs is 1. The predicted octanol–water partition coefficient (Wildman–Crippen LogP) is 0.0442. The maximum Gasteiger partial charge on any atom is 0.326 e. The van der Waals surface area contributed by atoms with Crippen molar-refractivity contribution in [3.05, 3.63) is 50.8 Å². The van der Waals surface area contributed by atoms with Crippen molar-refractivity contribution in [2.45, 2.75) is 0 Å². The van der Waals surface area contributed by atoms with Crippen LogP contribution in [0.2, 0.25) is 0 Å². The number of hydrogen-bond acceptors (Lipinski definition) is 5. The molecular formula is C12H9N3O5. The van der Waals surface area contributed by atoms with E-state index in [-0.39, 0.29) is 12.5 Å². The minimum atomic E-state index is -0.742. The number of aromatic nitrogens is 2. The van der Waals surface area contributed by atoms with E-state index in [1.165, 1.54) is 0 Å². The molecule has 8 heteroatoms. The fourth-order valence-corrected chi connectivity index (χ4v) is 1.76. The lowest BCUT2D eigenvalue weighted by molar-refractivity contribution is 0.102. The first-order valence-electron chi connectivity index (χ1n) is 5.66. The number of carbonyl (C=O) groups excluding carboxylic acids is 1. The van der Waals surface area contributed by atoms with Crippen LogP contribution in [0.4, 0.5) is 5.69 Å². The largest absolute Gasteiger partial charge is 0.454 e. The van der Waals surface area contributed by atoms with E-state index in [0.717, 1.165) is 6.07 Å². The lowest BCUT2D eigenvalue weighted by Crippen LogP contribution is -2.27. The zero-order chi connectivity index (χ0) is 14.1. The fraction of sp³-hybridized carbons (Fsp3) is 0.0833. The third-order valence-corrected chi connectivity index (χ3v) is 2.64. The van der Waals surface area contributed by atoms with Gasteiger partial charge in [0.1, 0.15) is 5.69 Å². The summed E-state index contributed by atoms with van der Waals surface area (Å²) in [4.78, 5) is 38.4. The summed E-state index contributed by atoms with van der Waals surface area (Å²) in [7, 11) is 0. The summed E-state index contributed by atoms with van der Waals surface area (Å²) in [5.41, 5.74) is -1.06. The average molecular weight is 275 g/mol. The van der Waals surface area contributed by atoms with Gasteiger partial charge < -0.3 is 19.8 Å². The molecule has 2 aromatic rings. The zero-order valence-electron chi connectivity index (χ0n) is 10.1. The smallest absolute Gasteiger partial charge is 0.326 e. The lowest BCUT2D eigenvalue weighted by atomic mass is 10.2. The Morgan fingerprint density at radius 3 is 2.70 bits per heavy atom. The minimum Gasteiger partial charge on any atom is -0.454 e. The van der Waals surface area contributed by atoms with Gasteiger partial charge in [-0.05, 0) is 12.1 Å². The van der Waals surface area contributed by atoms with Crippen molar-refractivity contribution in [1.29, 1.82) is 0 Å². The van der Waals surface area contributed by atoms with Crippen molar-refractivity contribution in [1.82, 2.24) is 9.97 Å². The number of carbonyl (C=O) groups is 1. The summed E-state index contributed by atoms with van der Waals surface area (Å²) >= 11 is 0. The molecule has 0 saturated heterocycles. The van der Waals surface area contributed by atoms with E-state index >= 15 is 0 Å². The van der Waals surface area contributed by atoms with Gasteiger partial charge in [-0.2, -0.15) is 0 Å². The monoisotopic (exact) mass is 275 g/mol. The molecule has 0 aliphatic carbocycles. The Kier molecular flexibility index (Phi) is 2.75. The van der Waals surface area contributed by atoms with E-state index in [4.69, 9.17) is 9.47 Å². The maximum atomic E-state index is 11.9. The SMILES string of the molecule is O=C(Nc1ccc2c(c1)OCO2)c1cc(=O)[nH]c(=O)[nH]1. The predicted molar refractivity (Wildman–Crippen MR) is 68.2 cm³/mol. The van der Waals surface area contributed by atoms with Crippen LogP contribution in [0.15, 0.2) is 33.9 Å². The summed E-state index contributed by atoms with van der Waals surface area (Å²) in [6, 6.07) is 5.87. The first-order valence-corrected chi connectivity index (χ1v) is 5.66. The van der Waals surface area contributed by atoms with Crippen LogP contribution in [0.3, 0.4) is 0 Å². The van der Waals surface area contributed by atoms with E-state index in [9.17, 15) is 14.4 Å². The molecule has 0 unspecified atom stereocenters. The number of aromatic amines is 2. The minimum absolute atomic E-state index is 0.128. The van der Waals surface area contributed by atoms with Gasteiger partial charge >= 0.3 is 5.69 Å². The second kappa shape index (κ2) is 4.57. The molecule has 1 aromatic heterocycles. The molecule has 0 bridgehead atoms. The van der Waals surface area contributed by atoms with Crippen LogP contribution >= 0.6 is 0 Å². The van der Waals surface area contributed by atoms with Crippen LogP contribution in [0.25, 0.3) is 0 Å². The number of anilines is 1. The number of hydrogen-bond donors (Lipinski definition) is 3. The molecule has 20 heavy (non-hydrogen) atoms. The van der Waals surface area contributed by atoms with Crippen molar-refractivity contribution in [3.63, 3.8) is 0 Å². The van der Waals surface area contributed by atoms with Crippen LogP contribution in [-0.2, 0) is 0 Å². The fourth-order valence-electron chi connectivity index (χ4n) is 1.76. The maximum absolute atomic E-state index is 11.9. The number of nitrogens with one attached hydrogen (secondary N) is 3. The van der Waals surface area contributed by atoms with Crippen molar-refractivity contribution >= 4 is 11.6 Å². The topological polar surface area (TPSA) is 113 Å². The van der Waals surface area contributed by atoms with E-state index in [2.05, 4.69) is 10.3 Å². The average Bonchev–Trinajstić information content (AvgIpc) is 2.85. The summed E-state index contributed by atoms with van der Waals surface area (Å²) in [5.74, 6) is 0.502. The summed E-state index contributed by atoms with van der Waals surface area (Å²) < 4.78 is 10.3. The van der Waals surface area contributed by atoms with Gasteiger partial charge in [0.05, 0.1) is 0 Å². The van der Waals surface area contributed by atoms with E-state index < -0.39 is 17.2 Å². The molecule has 0 fully saturated rings. The molecule has 1 aliphatic heterocycles. The second-order valence-corrected chi connectivity index (χ2v) is 4.02. The molecule has 0 radical (unpaired) electrons. The molecule has 1 aliphatic rings. The molecule has 1 aromatic carbocycles. The third kappa shape index (κ3) is 2.26. The van der Waals surface area contributed by atoms with Crippen LogP contribution in [0.5, 0.6) is 11.5 Å². The molecule has 1 amide bonds. The van der Waals surface area contributed by atoms with E-state index in [1.807, 2.05) is 4.98 Å². The van der Waals surface area contributed by atoms with Crippen LogP contribution in [-0.4, -0.2) is 22.7 Å². The Morgan fingerprint density at radius 2 is 1.90 bits per heavy atom. The Bertz CT molecular complexity index is 764. The molecule has 0 atom stereocenters. The summed E-state index contributed by atoms with van der Waals surface area (Å²) in [6.45, 7) is 0.133. The summed E-state index contributed by atoms with van der Waals surface area (Å²) in [5, 5.41) is 2.54. The molecule has 3 rings (SSSR count). The number of benzene rings is 1. The number of ether oxygens (including phenoxy) is 2. The van der Waals surface area contributed by atoms with Crippen LogP contribution < -0.4 is 26.0 Å². The van der Waals surface area contributed by atoms with Crippen molar-refractivity contribution < 1.29 is 14.3 Å². The zero-order valence-corrected chi connectivity index (χ0v) is 10.1. The highest BCUT2D eigenvalue weighted by Crippen LogP contribution is 2.34. The quantitative estimate of drug-likeness (QED) is 0.716. The summed E-state index contributed by atoms with van der Waals surface area (Å²) in [6.07, 6.45) is 0. The molecule has 2 heterocycles. The number of amides is 1. The highest BCUT2D eigenvalue weighted by molar-refractivity contribution is 6.02. The van der Waals surface area contributed by atoms with Gasteiger partial charge in [-0.3, -0.25) is 14.6 Å². The van der Waals surface area contributed by atoms with Gasteiger partial charge in [-0.15, -0.1) is 0 Å². The number of rotatable bonds is 2. The second-order valence-electron chi connectivity index (χ2n) is 4.02.